The quantitative estimate of drug-likeness (QED) is 0.459. The van der Waals surface area contributed by atoms with Crippen molar-refractivity contribution >= 4 is 22.6 Å². The van der Waals surface area contributed by atoms with Crippen LogP contribution in [-0.4, -0.2) is 0 Å². The molecule has 0 aromatic rings. The van der Waals surface area contributed by atoms with Crippen LogP contribution in [0.3, 0.4) is 0 Å². The molecule has 0 bridgehead atoms. The molecule has 0 amide bonds. The Bertz CT molecular complexity index is 101. The lowest BCUT2D eigenvalue weighted by atomic mass is 10.2. The fraction of sp³-hybridized carbons (Fsp3) is 0.333. The summed E-state index contributed by atoms with van der Waals surface area (Å²) in [4.78, 5) is 0. The van der Waals surface area contributed by atoms with E-state index in [1.165, 1.54) is 5.57 Å². The summed E-state index contributed by atoms with van der Waals surface area (Å²) in [6.45, 7) is 7.81. The molecule has 0 fully saturated rings. The predicted octanol–water partition coefficient (Wildman–Crippen LogP) is 2.90. The van der Waals surface area contributed by atoms with Crippen molar-refractivity contribution in [3.63, 3.8) is 0 Å². The molecule has 0 heterocycles. The van der Waals surface area contributed by atoms with Crippen molar-refractivity contribution in [2.45, 2.75) is 13.8 Å². The van der Waals surface area contributed by atoms with Crippen LogP contribution < -0.4 is 0 Å². The zero-order valence-corrected chi connectivity index (χ0v) is 6.82. The standard InChI is InChI=1S/C6H9I/c1-5(2)6(3)4-7/h4H,1H2,2-3H3. The van der Waals surface area contributed by atoms with Gasteiger partial charge < -0.3 is 0 Å². The van der Waals surface area contributed by atoms with Crippen LogP contribution in [0.15, 0.2) is 21.8 Å². The molecule has 0 aliphatic heterocycles. The number of allylic oxidation sites excluding steroid dienone is 2. The molecule has 0 saturated heterocycles. The summed E-state index contributed by atoms with van der Waals surface area (Å²) in [5.41, 5.74) is 2.41. The third-order valence-electron chi connectivity index (χ3n) is 0.837. The molecule has 0 N–H and O–H groups in total. The van der Waals surface area contributed by atoms with E-state index in [-0.39, 0.29) is 0 Å². The van der Waals surface area contributed by atoms with Crippen molar-refractivity contribution in [1.82, 2.24) is 0 Å². The molecule has 1 heteroatoms. The van der Waals surface area contributed by atoms with E-state index in [4.69, 9.17) is 0 Å². The molecule has 7 heavy (non-hydrogen) atoms. The van der Waals surface area contributed by atoms with Gasteiger partial charge in [-0.05, 0) is 23.5 Å². The second kappa shape index (κ2) is 3.24. The van der Waals surface area contributed by atoms with Gasteiger partial charge in [-0.3, -0.25) is 0 Å². The van der Waals surface area contributed by atoms with Crippen LogP contribution in [0, 0.1) is 0 Å². The normalized spacial score (nSPS) is 11.6. The van der Waals surface area contributed by atoms with Crippen LogP contribution in [0.2, 0.25) is 0 Å². The maximum atomic E-state index is 3.75. The second-order valence-electron chi connectivity index (χ2n) is 1.57. The topological polar surface area (TPSA) is 0 Å². The lowest BCUT2D eigenvalue weighted by molar-refractivity contribution is 1.38. The highest BCUT2D eigenvalue weighted by atomic mass is 127. The van der Waals surface area contributed by atoms with Crippen molar-refractivity contribution in [1.29, 1.82) is 0 Å². The predicted molar refractivity (Wildman–Crippen MR) is 42.6 cm³/mol. The fourth-order valence-electron chi connectivity index (χ4n) is 0.0931. The summed E-state index contributed by atoms with van der Waals surface area (Å²) in [7, 11) is 0. The molecule has 0 rings (SSSR count). The summed E-state index contributed by atoms with van der Waals surface area (Å²) in [5.74, 6) is 0. The lowest BCUT2D eigenvalue weighted by Crippen LogP contribution is -1.69. The minimum atomic E-state index is 1.15. The molecule has 0 aliphatic carbocycles. The van der Waals surface area contributed by atoms with Crippen LogP contribution >= 0.6 is 22.6 Å². The summed E-state index contributed by atoms with van der Waals surface area (Å²) in [5, 5.41) is 0. The third kappa shape index (κ3) is 2.85. The van der Waals surface area contributed by atoms with Gasteiger partial charge in [0.2, 0.25) is 0 Å². The first-order valence-corrected chi connectivity index (χ1v) is 3.36. The summed E-state index contributed by atoms with van der Waals surface area (Å²) >= 11 is 2.21. The van der Waals surface area contributed by atoms with Crippen LogP contribution in [-0.2, 0) is 0 Å². The lowest BCUT2D eigenvalue weighted by Gasteiger charge is -1.91. The number of hydrogen-bond donors (Lipinski definition) is 0. The molecule has 0 aromatic heterocycles. The Kier molecular flexibility index (Phi) is 3.34. The second-order valence-corrected chi connectivity index (χ2v) is 2.20. The first-order chi connectivity index (χ1) is 3.18. The van der Waals surface area contributed by atoms with Gasteiger partial charge in [-0.15, -0.1) is 0 Å². The first kappa shape index (κ1) is 7.21. The van der Waals surface area contributed by atoms with Gasteiger partial charge in [-0.25, -0.2) is 0 Å². The monoisotopic (exact) mass is 208 g/mol. The molecular weight excluding hydrogens is 199 g/mol. The molecule has 0 nitrogen and oxygen atoms in total. The molecule has 0 spiro atoms. The Morgan fingerprint density at radius 1 is 1.57 bits per heavy atom. The van der Waals surface area contributed by atoms with E-state index in [0.717, 1.165) is 5.57 Å². The molecule has 40 valence electrons. The van der Waals surface area contributed by atoms with E-state index >= 15 is 0 Å². The SMILES string of the molecule is C=C(C)C(C)=CI. The van der Waals surface area contributed by atoms with Crippen LogP contribution in [0.4, 0.5) is 0 Å². The Morgan fingerprint density at radius 2 is 2.00 bits per heavy atom. The largest absolute Gasteiger partial charge is 0.0958 e. The third-order valence-corrected chi connectivity index (χ3v) is 1.77. The summed E-state index contributed by atoms with van der Waals surface area (Å²) in [6, 6.07) is 0. The molecule has 0 aliphatic rings. The minimum absolute atomic E-state index is 1.15. The number of rotatable bonds is 1. The highest BCUT2D eigenvalue weighted by Crippen LogP contribution is 2.06. The van der Waals surface area contributed by atoms with Crippen LogP contribution in [0.1, 0.15) is 13.8 Å². The average molecular weight is 208 g/mol. The van der Waals surface area contributed by atoms with E-state index in [1.807, 2.05) is 11.0 Å². The van der Waals surface area contributed by atoms with Gasteiger partial charge in [0.15, 0.2) is 0 Å². The first-order valence-electron chi connectivity index (χ1n) is 2.11. The van der Waals surface area contributed by atoms with Crippen molar-refractivity contribution < 1.29 is 0 Å². The minimum Gasteiger partial charge on any atom is -0.0958 e. The molecule has 0 aromatic carbocycles. The van der Waals surface area contributed by atoms with E-state index in [0.29, 0.717) is 0 Å². The van der Waals surface area contributed by atoms with Gasteiger partial charge >= 0.3 is 0 Å². The molecular formula is C6H9I. The molecule has 0 radical (unpaired) electrons. The maximum Gasteiger partial charge on any atom is -0.0202 e. The number of hydrogen-bond acceptors (Lipinski definition) is 0. The zero-order valence-electron chi connectivity index (χ0n) is 4.66. The molecule has 0 atom stereocenters. The van der Waals surface area contributed by atoms with Gasteiger partial charge in [-0.2, -0.15) is 0 Å². The highest BCUT2D eigenvalue weighted by molar-refractivity contribution is 14.1. The number of halogens is 1. The van der Waals surface area contributed by atoms with Crippen molar-refractivity contribution in [3.05, 3.63) is 21.8 Å². The average Bonchev–Trinajstić information content (AvgIpc) is 1.65. The zero-order chi connectivity index (χ0) is 5.86. The Hall–Kier alpha value is 0.210. The van der Waals surface area contributed by atoms with E-state index in [2.05, 4.69) is 36.1 Å². The van der Waals surface area contributed by atoms with Crippen LogP contribution in [0.25, 0.3) is 0 Å². The van der Waals surface area contributed by atoms with Crippen LogP contribution in [0.5, 0.6) is 0 Å². The van der Waals surface area contributed by atoms with Crippen molar-refractivity contribution in [2.24, 2.45) is 0 Å². The van der Waals surface area contributed by atoms with E-state index in [1.54, 1.807) is 0 Å². The highest BCUT2D eigenvalue weighted by Gasteiger charge is 1.82. The summed E-state index contributed by atoms with van der Waals surface area (Å²) < 4.78 is 2.03. The van der Waals surface area contributed by atoms with Crippen molar-refractivity contribution in [3.8, 4) is 0 Å². The smallest absolute Gasteiger partial charge is 0.0202 e. The van der Waals surface area contributed by atoms with E-state index < -0.39 is 0 Å². The Labute approximate surface area is 58.4 Å². The Balaban J connectivity index is 3.82. The fourth-order valence-corrected chi connectivity index (χ4v) is 0.625. The maximum absolute atomic E-state index is 3.75. The molecule has 0 saturated carbocycles. The van der Waals surface area contributed by atoms with Gasteiger partial charge in [0.1, 0.15) is 0 Å². The Morgan fingerprint density at radius 3 is 2.00 bits per heavy atom. The van der Waals surface area contributed by atoms with Gasteiger partial charge in [-0.1, -0.05) is 34.7 Å². The van der Waals surface area contributed by atoms with Gasteiger partial charge in [0.05, 0.1) is 0 Å². The van der Waals surface area contributed by atoms with Crippen molar-refractivity contribution in [2.75, 3.05) is 0 Å². The van der Waals surface area contributed by atoms with E-state index in [9.17, 15) is 0 Å². The van der Waals surface area contributed by atoms with Gasteiger partial charge in [0, 0.05) is 0 Å². The molecule has 0 unspecified atom stereocenters. The van der Waals surface area contributed by atoms with Gasteiger partial charge in [0.25, 0.3) is 0 Å². The summed E-state index contributed by atoms with van der Waals surface area (Å²) in [6.07, 6.45) is 0.